The summed E-state index contributed by atoms with van der Waals surface area (Å²) in [7, 11) is 0. The highest BCUT2D eigenvalue weighted by Gasteiger charge is 2.13. The highest BCUT2D eigenvalue weighted by Crippen LogP contribution is 2.22. The van der Waals surface area contributed by atoms with Crippen LogP contribution in [-0.2, 0) is 6.61 Å². The number of benzene rings is 1. The third-order valence-electron chi connectivity index (χ3n) is 3.14. The molecule has 2 heterocycles. The van der Waals surface area contributed by atoms with E-state index >= 15 is 0 Å². The minimum atomic E-state index is -1.31. The molecule has 122 valence electrons. The Kier molecular flexibility index (Phi) is 4.41. The monoisotopic (exact) mass is 331 g/mol. The molecular weight excluding hydrogens is 319 g/mol. The molecule has 1 aromatic carbocycles. The normalized spacial score (nSPS) is 10.7. The van der Waals surface area contributed by atoms with Crippen molar-refractivity contribution < 1.29 is 17.9 Å². The van der Waals surface area contributed by atoms with Crippen molar-refractivity contribution in [3.63, 3.8) is 0 Å². The van der Waals surface area contributed by atoms with Crippen molar-refractivity contribution in [3.8, 4) is 17.3 Å². The lowest BCUT2D eigenvalue weighted by atomic mass is 10.3. The predicted octanol–water partition coefficient (Wildman–Crippen LogP) is 3.84. The Morgan fingerprint density at radius 3 is 2.62 bits per heavy atom. The average Bonchev–Trinajstić information content (AvgIpc) is 2.57. The summed E-state index contributed by atoms with van der Waals surface area (Å²) in [5.41, 5.74) is 1.67. The Morgan fingerprint density at radius 1 is 1.04 bits per heavy atom. The Morgan fingerprint density at radius 2 is 1.88 bits per heavy atom. The number of ether oxygens (including phenoxy) is 1. The second-order valence-electron chi connectivity index (χ2n) is 5.03. The van der Waals surface area contributed by atoms with Crippen LogP contribution in [0.5, 0.6) is 5.75 Å². The van der Waals surface area contributed by atoms with Crippen LogP contribution in [0.15, 0.2) is 42.6 Å². The molecule has 0 aliphatic rings. The van der Waals surface area contributed by atoms with Crippen LogP contribution in [0.3, 0.4) is 0 Å². The number of aromatic nitrogens is 3. The number of aryl methyl sites for hydroxylation is 1. The van der Waals surface area contributed by atoms with Gasteiger partial charge in [-0.2, -0.15) is 4.39 Å². The van der Waals surface area contributed by atoms with E-state index < -0.39 is 23.2 Å². The zero-order valence-corrected chi connectivity index (χ0v) is 12.6. The molecule has 0 unspecified atom stereocenters. The molecule has 4 nitrogen and oxygen atoms in total. The first-order chi connectivity index (χ1) is 11.5. The molecule has 0 atom stereocenters. The largest absolute Gasteiger partial charge is 0.484 e. The summed E-state index contributed by atoms with van der Waals surface area (Å²) in [6.45, 7) is 1.60. The average molecular weight is 331 g/mol. The first kappa shape index (κ1) is 15.9. The van der Waals surface area contributed by atoms with Crippen LogP contribution in [0.4, 0.5) is 13.2 Å². The van der Waals surface area contributed by atoms with Crippen LogP contribution in [0.25, 0.3) is 11.5 Å². The lowest BCUT2D eigenvalue weighted by Crippen LogP contribution is -2.05. The lowest BCUT2D eigenvalue weighted by molar-refractivity contribution is 0.278. The van der Waals surface area contributed by atoms with E-state index in [9.17, 15) is 13.2 Å². The molecule has 0 fully saturated rings. The molecular formula is C17H12F3N3O. The van der Waals surface area contributed by atoms with Crippen molar-refractivity contribution in [2.75, 3.05) is 0 Å². The van der Waals surface area contributed by atoms with Gasteiger partial charge >= 0.3 is 0 Å². The van der Waals surface area contributed by atoms with Gasteiger partial charge in [0.15, 0.2) is 17.4 Å². The van der Waals surface area contributed by atoms with E-state index in [0.717, 1.165) is 6.07 Å². The van der Waals surface area contributed by atoms with Gasteiger partial charge in [0.1, 0.15) is 18.1 Å². The smallest absolute Gasteiger partial charge is 0.200 e. The molecule has 0 saturated carbocycles. The van der Waals surface area contributed by atoms with Crippen LogP contribution < -0.4 is 4.74 Å². The van der Waals surface area contributed by atoms with E-state index in [1.807, 2.05) is 0 Å². The second-order valence-corrected chi connectivity index (χ2v) is 5.03. The Bertz CT molecular complexity index is 872. The standard InChI is InChI=1S/C17H12F3N3O/c1-10-6-12(23-17(22-10)14-4-2-3-5-21-14)9-24-15-8-11(18)7-13(19)16(15)20/h2-8H,9H2,1H3. The van der Waals surface area contributed by atoms with E-state index in [-0.39, 0.29) is 6.61 Å². The van der Waals surface area contributed by atoms with Gasteiger partial charge in [-0.05, 0) is 25.1 Å². The Labute approximate surface area is 136 Å². The molecule has 0 bridgehead atoms. The fourth-order valence-electron chi connectivity index (χ4n) is 2.11. The SMILES string of the molecule is Cc1cc(COc2cc(F)cc(F)c2F)nc(-c2ccccn2)n1. The fourth-order valence-corrected chi connectivity index (χ4v) is 2.11. The summed E-state index contributed by atoms with van der Waals surface area (Å²) < 4.78 is 45.1. The van der Waals surface area contributed by atoms with Crippen LogP contribution >= 0.6 is 0 Å². The van der Waals surface area contributed by atoms with Crippen molar-refractivity contribution in [1.82, 2.24) is 15.0 Å². The second kappa shape index (κ2) is 6.66. The first-order valence-electron chi connectivity index (χ1n) is 7.06. The summed E-state index contributed by atoms with van der Waals surface area (Å²) in [6.07, 6.45) is 1.61. The molecule has 0 N–H and O–H groups in total. The number of nitrogens with zero attached hydrogens (tertiary/aromatic N) is 3. The van der Waals surface area contributed by atoms with E-state index in [1.54, 1.807) is 37.4 Å². The van der Waals surface area contributed by atoms with Crippen molar-refractivity contribution in [2.45, 2.75) is 13.5 Å². The van der Waals surface area contributed by atoms with E-state index in [2.05, 4.69) is 15.0 Å². The molecule has 2 aromatic heterocycles. The van der Waals surface area contributed by atoms with Crippen LogP contribution in [0.1, 0.15) is 11.4 Å². The van der Waals surface area contributed by atoms with Gasteiger partial charge in [0.2, 0.25) is 5.82 Å². The topological polar surface area (TPSA) is 47.9 Å². The van der Waals surface area contributed by atoms with E-state index in [0.29, 0.717) is 29.0 Å². The third kappa shape index (κ3) is 3.51. The van der Waals surface area contributed by atoms with Crippen molar-refractivity contribution >= 4 is 0 Å². The van der Waals surface area contributed by atoms with Crippen LogP contribution in [0.2, 0.25) is 0 Å². The molecule has 3 rings (SSSR count). The Hall–Kier alpha value is -2.96. The predicted molar refractivity (Wildman–Crippen MR) is 80.6 cm³/mol. The van der Waals surface area contributed by atoms with E-state index in [4.69, 9.17) is 4.74 Å². The number of hydrogen-bond acceptors (Lipinski definition) is 4. The molecule has 0 amide bonds. The van der Waals surface area contributed by atoms with Crippen LogP contribution in [-0.4, -0.2) is 15.0 Å². The van der Waals surface area contributed by atoms with Gasteiger partial charge in [-0.1, -0.05) is 6.07 Å². The highest BCUT2D eigenvalue weighted by molar-refractivity contribution is 5.48. The third-order valence-corrected chi connectivity index (χ3v) is 3.14. The van der Waals surface area contributed by atoms with Crippen LogP contribution in [0, 0.1) is 24.4 Å². The molecule has 0 saturated heterocycles. The lowest BCUT2D eigenvalue weighted by Gasteiger charge is -2.09. The Balaban J connectivity index is 1.85. The van der Waals surface area contributed by atoms with Crippen molar-refractivity contribution in [2.24, 2.45) is 0 Å². The number of hydrogen-bond donors (Lipinski definition) is 0. The van der Waals surface area contributed by atoms with Crippen molar-refractivity contribution in [1.29, 1.82) is 0 Å². The number of rotatable bonds is 4. The minimum Gasteiger partial charge on any atom is -0.484 e. The van der Waals surface area contributed by atoms with Gasteiger partial charge in [-0.25, -0.2) is 18.7 Å². The molecule has 24 heavy (non-hydrogen) atoms. The van der Waals surface area contributed by atoms with Gasteiger partial charge < -0.3 is 4.74 Å². The van der Waals surface area contributed by atoms with Gasteiger partial charge in [-0.3, -0.25) is 4.98 Å². The molecule has 0 aliphatic carbocycles. The molecule has 0 spiro atoms. The first-order valence-corrected chi connectivity index (χ1v) is 7.06. The summed E-state index contributed by atoms with van der Waals surface area (Å²) in [6, 6.07) is 8.20. The van der Waals surface area contributed by atoms with Gasteiger partial charge in [0, 0.05) is 24.0 Å². The zero-order chi connectivity index (χ0) is 17.1. The highest BCUT2D eigenvalue weighted by atomic mass is 19.2. The summed E-state index contributed by atoms with van der Waals surface area (Å²) >= 11 is 0. The zero-order valence-electron chi connectivity index (χ0n) is 12.6. The van der Waals surface area contributed by atoms with Crippen molar-refractivity contribution in [3.05, 3.63) is 71.4 Å². The maximum atomic E-state index is 13.6. The van der Waals surface area contributed by atoms with Gasteiger partial charge in [0.25, 0.3) is 0 Å². The quantitative estimate of drug-likeness (QED) is 0.682. The van der Waals surface area contributed by atoms with E-state index in [1.165, 1.54) is 0 Å². The van der Waals surface area contributed by atoms with Gasteiger partial charge in [-0.15, -0.1) is 0 Å². The molecule has 3 aromatic rings. The number of halogens is 3. The summed E-state index contributed by atoms with van der Waals surface area (Å²) in [5.74, 6) is -3.59. The summed E-state index contributed by atoms with van der Waals surface area (Å²) in [4.78, 5) is 12.7. The fraction of sp³-hybridized carbons (Fsp3) is 0.118. The molecule has 7 heteroatoms. The minimum absolute atomic E-state index is 0.164. The molecule has 0 aliphatic heterocycles. The number of pyridine rings is 1. The van der Waals surface area contributed by atoms with Gasteiger partial charge in [0.05, 0.1) is 5.69 Å². The summed E-state index contributed by atoms with van der Waals surface area (Å²) in [5, 5.41) is 0. The molecule has 0 radical (unpaired) electrons. The maximum Gasteiger partial charge on any atom is 0.200 e. The maximum absolute atomic E-state index is 13.6.